The zero-order chi connectivity index (χ0) is 20.0. The minimum absolute atomic E-state index is 0.170. The number of rotatable bonds is 8. The molecule has 0 aliphatic rings. The van der Waals surface area contributed by atoms with Crippen molar-refractivity contribution in [1.29, 1.82) is 0 Å². The van der Waals surface area contributed by atoms with Crippen LogP contribution in [0.2, 0.25) is 0 Å². The van der Waals surface area contributed by atoms with Gasteiger partial charge in [0.15, 0.2) is 11.9 Å². The molecule has 144 valence electrons. The van der Waals surface area contributed by atoms with Crippen LogP contribution < -0.4 is 10.1 Å². The first-order valence-electron chi connectivity index (χ1n) is 8.73. The van der Waals surface area contributed by atoms with E-state index < -0.39 is 12.1 Å². The predicted octanol–water partition coefficient (Wildman–Crippen LogP) is 4.23. The summed E-state index contributed by atoms with van der Waals surface area (Å²) in [6.07, 6.45) is -0.287. The molecule has 1 aromatic heterocycles. The third-order valence-corrected chi connectivity index (χ3v) is 5.18. The number of para-hydroxylation sites is 1. The number of thiophene rings is 1. The smallest absolute Gasteiger partial charge is 0.341 e. The molecule has 0 unspecified atom stereocenters. The summed E-state index contributed by atoms with van der Waals surface area (Å²) >= 11 is 1.07. The van der Waals surface area contributed by atoms with Gasteiger partial charge in [0.05, 0.1) is 17.0 Å². The molecule has 0 spiro atoms. The Morgan fingerprint density at radius 2 is 1.81 bits per heavy atom. The maximum atomic E-state index is 12.7. The van der Waals surface area contributed by atoms with Crippen molar-refractivity contribution in [2.24, 2.45) is 0 Å². The van der Waals surface area contributed by atoms with Gasteiger partial charge in [-0.05, 0) is 44.9 Å². The molecule has 0 aliphatic heterocycles. The lowest BCUT2D eigenvalue weighted by Gasteiger charge is -2.17. The SMILES string of the molecule is CCOC(=O)c1c(NC(=O)[C@@H](CC)Oc2ccccc2)sc(C(C)=O)c1C. The van der Waals surface area contributed by atoms with Gasteiger partial charge in [0.2, 0.25) is 0 Å². The van der Waals surface area contributed by atoms with E-state index in [1.807, 2.05) is 25.1 Å². The van der Waals surface area contributed by atoms with E-state index in [2.05, 4.69) is 5.32 Å². The monoisotopic (exact) mass is 389 g/mol. The van der Waals surface area contributed by atoms with Gasteiger partial charge in [-0.2, -0.15) is 0 Å². The Morgan fingerprint density at radius 3 is 2.37 bits per heavy atom. The Bertz CT molecular complexity index is 828. The third kappa shape index (κ3) is 4.95. The van der Waals surface area contributed by atoms with E-state index in [1.165, 1.54) is 6.92 Å². The number of hydrogen-bond acceptors (Lipinski definition) is 6. The van der Waals surface area contributed by atoms with Crippen LogP contribution in [0.4, 0.5) is 5.00 Å². The fourth-order valence-electron chi connectivity index (χ4n) is 2.56. The fourth-order valence-corrected chi connectivity index (χ4v) is 3.66. The normalized spacial score (nSPS) is 11.6. The summed E-state index contributed by atoms with van der Waals surface area (Å²) in [4.78, 5) is 37.3. The van der Waals surface area contributed by atoms with Crippen LogP contribution in [0.25, 0.3) is 0 Å². The molecule has 1 amide bonds. The van der Waals surface area contributed by atoms with E-state index >= 15 is 0 Å². The van der Waals surface area contributed by atoms with Crippen molar-refractivity contribution in [2.75, 3.05) is 11.9 Å². The number of anilines is 1. The number of carbonyl (C=O) groups excluding carboxylic acids is 3. The Kier molecular flexibility index (Phi) is 7.12. The predicted molar refractivity (Wildman–Crippen MR) is 105 cm³/mol. The molecule has 0 saturated carbocycles. The summed E-state index contributed by atoms with van der Waals surface area (Å²) in [7, 11) is 0. The molecule has 0 fully saturated rings. The minimum Gasteiger partial charge on any atom is -0.481 e. The van der Waals surface area contributed by atoms with E-state index in [-0.39, 0.29) is 23.9 Å². The first kappa shape index (κ1) is 20.6. The molecule has 0 bridgehead atoms. The molecule has 0 saturated heterocycles. The van der Waals surface area contributed by atoms with E-state index in [0.29, 0.717) is 27.6 Å². The average Bonchev–Trinajstić information content (AvgIpc) is 2.97. The quantitative estimate of drug-likeness (QED) is 0.540. The summed E-state index contributed by atoms with van der Waals surface area (Å²) in [6, 6.07) is 9.03. The number of esters is 1. The molecule has 1 heterocycles. The second-order valence-electron chi connectivity index (χ2n) is 5.85. The van der Waals surface area contributed by atoms with Crippen molar-refractivity contribution in [1.82, 2.24) is 0 Å². The van der Waals surface area contributed by atoms with Gasteiger partial charge in [-0.25, -0.2) is 4.79 Å². The molecule has 27 heavy (non-hydrogen) atoms. The Labute approximate surface area is 162 Å². The number of Topliss-reactive ketones (excluding diaryl/α,β-unsaturated/α-hetero) is 1. The summed E-state index contributed by atoms with van der Waals surface area (Å²) in [5, 5.41) is 3.04. The van der Waals surface area contributed by atoms with Crippen molar-refractivity contribution in [2.45, 2.75) is 40.2 Å². The molecule has 7 heteroatoms. The van der Waals surface area contributed by atoms with Gasteiger partial charge in [0.1, 0.15) is 10.8 Å². The highest BCUT2D eigenvalue weighted by Crippen LogP contribution is 2.34. The molecular formula is C20H23NO5S. The lowest BCUT2D eigenvalue weighted by molar-refractivity contribution is -0.122. The minimum atomic E-state index is -0.731. The molecule has 1 aromatic carbocycles. The largest absolute Gasteiger partial charge is 0.481 e. The highest BCUT2D eigenvalue weighted by Gasteiger charge is 2.27. The first-order chi connectivity index (χ1) is 12.9. The Hall–Kier alpha value is -2.67. The number of ketones is 1. The number of ether oxygens (including phenoxy) is 2. The molecule has 0 radical (unpaired) electrons. The van der Waals surface area contributed by atoms with Gasteiger partial charge in [-0.1, -0.05) is 25.1 Å². The van der Waals surface area contributed by atoms with E-state index in [9.17, 15) is 14.4 Å². The molecule has 6 nitrogen and oxygen atoms in total. The van der Waals surface area contributed by atoms with Crippen LogP contribution in [-0.4, -0.2) is 30.4 Å². The number of hydrogen-bond donors (Lipinski definition) is 1. The maximum absolute atomic E-state index is 12.7. The molecule has 0 aliphatic carbocycles. The third-order valence-electron chi connectivity index (χ3n) is 3.87. The molecule has 2 rings (SSSR count). The molecular weight excluding hydrogens is 366 g/mol. The lowest BCUT2D eigenvalue weighted by Crippen LogP contribution is -2.32. The van der Waals surface area contributed by atoms with E-state index in [1.54, 1.807) is 26.0 Å². The molecule has 1 atom stereocenters. The summed E-state index contributed by atoms with van der Waals surface area (Å²) in [6.45, 7) is 6.83. The second-order valence-corrected chi connectivity index (χ2v) is 6.87. The summed E-state index contributed by atoms with van der Waals surface area (Å²) in [5.41, 5.74) is 0.730. The van der Waals surface area contributed by atoms with Crippen molar-refractivity contribution in [3.05, 3.63) is 46.3 Å². The number of carbonyl (C=O) groups is 3. The Balaban J connectivity index is 2.28. The van der Waals surface area contributed by atoms with Gasteiger partial charge in [-0.15, -0.1) is 11.3 Å². The van der Waals surface area contributed by atoms with Crippen molar-refractivity contribution in [3.8, 4) is 5.75 Å². The zero-order valence-electron chi connectivity index (χ0n) is 15.8. The number of amides is 1. The van der Waals surface area contributed by atoms with Crippen LogP contribution in [0.1, 0.15) is 52.8 Å². The standard InChI is InChI=1S/C20H23NO5S/c1-5-15(26-14-10-8-7-9-11-14)18(23)21-19-16(20(24)25-6-2)12(3)17(27-19)13(4)22/h7-11,15H,5-6H2,1-4H3,(H,21,23)/t15-/m1/s1. The van der Waals surface area contributed by atoms with Crippen LogP contribution >= 0.6 is 11.3 Å². The van der Waals surface area contributed by atoms with Crippen molar-refractivity contribution < 1.29 is 23.9 Å². The van der Waals surface area contributed by atoms with E-state index in [0.717, 1.165) is 11.3 Å². The van der Waals surface area contributed by atoms with Gasteiger partial charge >= 0.3 is 5.97 Å². The van der Waals surface area contributed by atoms with Gasteiger partial charge in [-0.3, -0.25) is 9.59 Å². The van der Waals surface area contributed by atoms with Crippen LogP contribution in [0.15, 0.2) is 30.3 Å². The van der Waals surface area contributed by atoms with Crippen LogP contribution in [0.3, 0.4) is 0 Å². The number of benzene rings is 1. The average molecular weight is 389 g/mol. The van der Waals surface area contributed by atoms with Crippen molar-refractivity contribution in [3.63, 3.8) is 0 Å². The zero-order valence-corrected chi connectivity index (χ0v) is 16.6. The van der Waals surface area contributed by atoms with Crippen LogP contribution in [-0.2, 0) is 9.53 Å². The van der Waals surface area contributed by atoms with Crippen LogP contribution in [0, 0.1) is 6.92 Å². The van der Waals surface area contributed by atoms with Crippen LogP contribution in [0.5, 0.6) is 5.75 Å². The van der Waals surface area contributed by atoms with E-state index in [4.69, 9.17) is 9.47 Å². The fraction of sp³-hybridized carbons (Fsp3) is 0.350. The van der Waals surface area contributed by atoms with Gasteiger partial charge in [0, 0.05) is 0 Å². The Morgan fingerprint density at radius 1 is 1.15 bits per heavy atom. The molecule has 2 aromatic rings. The first-order valence-corrected chi connectivity index (χ1v) is 9.54. The summed E-state index contributed by atoms with van der Waals surface area (Å²) < 4.78 is 10.8. The van der Waals surface area contributed by atoms with Gasteiger partial charge < -0.3 is 14.8 Å². The van der Waals surface area contributed by atoms with Gasteiger partial charge in [0.25, 0.3) is 5.91 Å². The summed E-state index contributed by atoms with van der Waals surface area (Å²) in [5.74, 6) is -0.539. The molecule has 1 N–H and O–H groups in total. The highest BCUT2D eigenvalue weighted by molar-refractivity contribution is 7.18. The second kappa shape index (κ2) is 9.32. The topological polar surface area (TPSA) is 81.7 Å². The number of nitrogens with one attached hydrogen (secondary N) is 1. The van der Waals surface area contributed by atoms with Crippen molar-refractivity contribution >= 4 is 34.0 Å². The highest BCUT2D eigenvalue weighted by atomic mass is 32.1. The maximum Gasteiger partial charge on any atom is 0.341 e. The lowest BCUT2D eigenvalue weighted by atomic mass is 10.1.